The van der Waals surface area contributed by atoms with Crippen LogP contribution in [0.2, 0.25) is 0 Å². The maximum absolute atomic E-state index is 12.3. The van der Waals surface area contributed by atoms with Crippen molar-refractivity contribution in [2.75, 3.05) is 0 Å². The Kier molecular flexibility index (Phi) is 2.84. The summed E-state index contributed by atoms with van der Waals surface area (Å²) in [5.41, 5.74) is 0.0845. The van der Waals surface area contributed by atoms with Crippen molar-refractivity contribution in [1.82, 2.24) is 0 Å². The predicted octanol–water partition coefficient (Wildman–Crippen LogP) is 2.73. The summed E-state index contributed by atoms with van der Waals surface area (Å²) in [4.78, 5) is 24.2. The fraction of sp³-hybridized carbons (Fsp3) is 0. The Balaban J connectivity index is 2.14. The van der Waals surface area contributed by atoms with E-state index in [4.69, 9.17) is 4.42 Å². The van der Waals surface area contributed by atoms with Gasteiger partial charge in [-0.25, -0.2) is 4.79 Å². The van der Waals surface area contributed by atoms with Crippen LogP contribution in [0.4, 0.5) is 0 Å². The number of hydrogen-bond donors (Lipinski definition) is 1. The summed E-state index contributed by atoms with van der Waals surface area (Å²) in [5.74, 6) is -0.364. The summed E-state index contributed by atoms with van der Waals surface area (Å²) >= 11 is 0. The first kappa shape index (κ1) is 12.2. The Morgan fingerprint density at radius 2 is 1.70 bits per heavy atom. The maximum atomic E-state index is 12.3. The summed E-state index contributed by atoms with van der Waals surface area (Å²) in [6.07, 6.45) is 0. The van der Waals surface area contributed by atoms with E-state index in [1.165, 1.54) is 30.3 Å². The minimum Gasteiger partial charge on any atom is -0.508 e. The van der Waals surface area contributed by atoms with Crippen molar-refractivity contribution in [2.45, 2.75) is 0 Å². The molecule has 0 aliphatic rings. The first-order valence-corrected chi connectivity index (χ1v) is 6.02. The molecule has 0 aliphatic heterocycles. The third-order valence-electron chi connectivity index (χ3n) is 3.02. The number of benzene rings is 2. The fourth-order valence-corrected chi connectivity index (χ4v) is 1.99. The molecule has 0 spiro atoms. The highest BCUT2D eigenvalue weighted by atomic mass is 16.4. The predicted molar refractivity (Wildman–Crippen MR) is 74.0 cm³/mol. The van der Waals surface area contributed by atoms with Crippen molar-refractivity contribution in [3.63, 3.8) is 0 Å². The van der Waals surface area contributed by atoms with Crippen molar-refractivity contribution >= 4 is 16.8 Å². The lowest BCUT2D eigenvalue weighted by Crippen LogP contribution is -2.14. The Bertz CT molecular complexity index is 844. The lowest BCUT2D eigenvalue weighted by molar-refractivity contribution is 0.103. The van der Waals surface area contributed by atoms with Gasteiger partial charge in [0.2, 0.25) is 0 Å². The van der Waals surface area contributed by atoms with E-state index >= 15 is 0 Å². The molecule has 0 saturated carbocycles. The number of fused-ring (bicyclic) bond motifs is 1. The van der Waals surface area contributed by atoms with Crippen molar-refractivity contribution in [1.29, 1.82) is 0 Å². The number of carbonyl (C=O) groups excluding carboxylic acids is 1. The summed E-state index contributed by atoms with van der Waals surface area (Å²) < 4.78 is 5.13. The SMILES string of the molecule is O=C(c1ccc(O)cc1)c1cc2ccccc2oc1=O. The largest absolute Gasteiger partial charge is 0.508 e. The first-order chi connectivity index (χ1) is 9.65. The van der Waals surface area contributed by atoms with Gasteiger partial charge in [0, 0.05) is 10.9 Å². The molecule has 0 bridgehead atoms. The molecule has 0 radical (unpaired) electrons. The minimum atomic E-state index is -0.665. The zero-order valence-corrected chi connectivity index (χ0v) is 10.4. The first-order valence-electron chi connectivity index (χ1n) is 6.02. The zero-order chi connectivity index (χ0) is 14.1. The third kappa shape index (κ3) is 2.07. The van der Waals surface area contributed by atoms with E-state index in [9.17, 15) is 14.7 Å². The number of phenolic OH excluding ortho intramolecular Hbond substituents is 1. The smallest absolute Gasteiger partial charge is 0.347 e. The summed E-state index contributed by atoms with van der Waals surface area (Å²) in [7, 11) is 0. The molecular formula is C16H10O4. The molecule has 1 heterocycles. The van der Waals surface area contributed by atoms with Crippen LogP contribution in [0.5, 0.6) is 5.75 Å². The zero-order valence-electron chi connectivity index (χ0n) is 10.4. The number of para-hydroxylation sites is 1. The normalized spacial score (nSPS) is 10.6. The van der Waals surface area contributed by atoms with Crippen LogP contribution < -0.4 is 5.63 Å². The molecule has 0 amide bonds. The number of hydrogen-bond acceptors (Lipinski definition) is 4. The second-order valence-corrected chi connectivity index (χ2v) is 4.36. The highest BCUT2D eigenvalue weighted by Crippen LogP contribution is 2.16. The molecule has 3 aromatic rings. The molecule has 4 nitrogen and oxygen atoms in total. The van der Waals surface area contributed by atoms with Gasteiger partial charge in [0.1, 0.15) is 16.9 Å². The second-order valence-electron chi connectivity index (χ2n) is 4.36. The molecule has 2 aromatic carbocycles. The van der Waals surface area contributed by atoms with E-state index in [1.807, 2.05) is 0 Å². The summed E-state index contributed by atoms with van der Waals surface area (Å²) in [5, 5.41) is 9.90. The molecule has 98 valence electrons. The van der Waals surface area contributed by atoms with Gasteiger partial charge in [-0.15, -0.1) is 0 Å². The second kappa shape index (κ2) is 4.66. The molecule has 0 saturated heterocycles. The fourth-order valence-electron chi connectivity index (χ4n) is 1.99. The van der Waals surface area contributed by atoms with Gasteiger partial charge in [-0.2, -0.15) is 0 Å². The molecule has 1 N–H and O–H groups in total. The van der Waals surface area contributed by atoms with E-state index in [2.05, 4.69) is 0 Å². The van der Waals surface area contributed by atoms with Crippen molar-refractivity contribution in [3.05, 3.63) is 76.1 Å². The van der Waals surface area contributed by atoms with Gasteiger partial charge in [-0.05, 0) is 36.4 Å². The molecule has 0 atom stereocenters. The quantitative estimate of drug-likeness (QED) is 0.572. The number of phenols is 1. The Labute approximate surface area is 113 Å². The van der Waals surface area contributed by atoms with Gasteiger partial charge < -0.3 is 9.52 Å². The molecule has 0 fully saturated rings. The average Bonchev–Trinajstić information content (AvgIpc) is 2.46. The lowest BCUT2D eigenvalue weighted by Gasteiger charge is -2.02. The average molecular weight is 266 g/mol. The van der Waals surface area contributed by atoms with Crippen LogP contribution in [0.15, 0.2) is 63.8 Å². The molecular weight excluding hydrogens is 256 g/mol. The van der Waals surface area contributed by atoms with E-state index in [0.717, 1.165) is 0 Å². The highest BCUT2D eigenvalue weighted by Gasteiger charge is 2.15. The maximum Gasteiger partial charge on any atom is 0.347 e. The van der Waals surface area contributed by atoms with Crippen molar-refractivity contribution in [2.24, 2.45) is 0 Å². The Hall–Kier alpha value is -2.88. The van der Waals surface area contributed by atoms with Gasteiger partial charge >= 0.3 is 5.63 Å². The molecule has 1 aromatic heterocycles. The highest BCUT2D eigenvalue weighted by molar-refractivity contribution is 6.09. The molecule has 4 heteroatoms. The molecule has 3 rings (SSSR count). The lowest BCUT2D eigenvalue weighted by atomic mass is 10.0. The molecule has 20 heavy (non-hydrogen) atoms. The van der Waals surface area contributed by atoms with Gasteiger partial charge in [0.15, 0.2) is 5.78 Å². The van der Waals surface area contributed by atoms with Crippen LogP contribution in [0, 0.1) is 0 Å². The van der Waals surface area contributed by atoms with Crippen molar-refractivity contribution < 1.29 is 14.3 Å². The van der Waals surface area contributed by atoms with Gasteiger partial charge in [0.25, 0.3) is 0 Å². The minimum absolute atomic E-state index is 0.0191. The van der Waals surface area contributed by atoms with Crippen LogP contribution >= 0.6 is 0 Å². The topological polar surface area (TPSA) is 67.5 Å². The standard InChI is InChI=1S/C16H10O4/c17-12-7-5-10(6-8-12)15(18)13-9-11-3-1-2-4-14(11)20-16(13)19/h1-9,17H. The number of ketones is 1. The van der Waals surface area contributed by atoms with Gasteiger partial charge in [-0.1, -0.05) is 18.2 Å². The number of carbonyl (C=O) groups is 1. The van der Waals surface area contributed by atoms with Gasteiger partial charge in [0.05, 0.1) is 0 Å². The van der Waals surface area contributed by atoms with E-state index in [1.54, 1.807) is 24.3 Å². The number of rotatable bonds is 2. The molecule has 0 unspecified atom stereocenters. The molecule has 0 aliphatic carbocycles. The van der Waals surface area contributed by atoms with E-state index in [0.29, 0.717) is 16.5 Å². The number of aromatic hydroxyl groups is 1. The van der Waals surface area contributed by atoms with Crippen LogP contribution in [-0.2, 0) is 0 Å². The Morgan fingerprint density at radius 1 is 1.00 bits per heavy atom. The Morgan fingerprint density at radius 3 is 2.45 bits per heavy atom. The van der Waals surface area contributed by atoms with Crippen LogP contribution in [-0.4, -0.2) is 10.9 Å². The van der Waals surface area contributed by atoms with Crippen molar-refractivity contribution in [3.8, 4) is 5.75 Å². The van der Waals surface area contributed by atoms with E-state index < -0.39 is 11.4 Å². The van der Waals surface area contributed by atoms with Gasteiger partial charge in [-0.3, -0.25) is 4.79 Å². The van der Waals surface area contributed by atoms with Crippen LogP contribution in [0.1, 0.15) is 15.9 Å². The van der Waals surface area contributed by atoms with E-state index in [-0.39, 0.29) is 11.3 Å². The summed E-state index contributed by atoms with van der Waals surface area (Å²) in [6.45, 7) is 0. The monoisotopic (exact) mass is 266 g/mol. The van der Waals surface area contributed by atoms with Crippen LogP contribution in [0.3, 0.4) is 0 Å². The third-order valence-corrected chi connectivity index (χ3v) is 3.02. The summed E-state index contributed by atoms with van der Waals surface area (Å²) in [6, 6.07) is 14.3. The van der Waals surface area contributed by atoms with Crippen LogP contribution in [0.25, 0.3) is 11.0 Å².